The first-order valence-corrected chi connectivity index (χ1v) is 14.4. The Bertz CT molecular complexity index is 1150. The minimum Gasteiger partial charge on any atom is -0.473 e. The number of piperidine rings is 1. The van der Waals surface area contributed by atoms with Crippen LogP contribution in [0.5, 0.6) is 5.75 Å². The normalized spacial score (nSPS) is 20.7. The maximum atomic E-state index is 14.5. The van der Waals surface area contributed by atoms with E-state index < -0.39 is 52.9 Å². The van der Waals surface area contributed by atoms with Gasteiger partial charge in [-0.3, -0.25) is 9.59 Å². The molecular formula is C29H42F3N3O8. The van der Waals surface area contributed by atoms with Crippen LogP contribution in [-0.2, 0) is 25.2 Å². The molecule has 1 aromatic rings. The largest absolute Gasteiger partial charge is 0.473 e. The van der Waals surface area contributed by atoms with E-state index in [1.807, 2.05) is 0 Å². The Labute approximate surface area is 249 Å². The molecule has 0 radical (unpaired) electrons. The van der Waals surface area contributed by atoms with Gasteiger partial charge in [-0.15, -0.1) is 0 Å². The standard InChI is InChI=1S/C29H42F3N3O8/c1-19(2)35(20-9-8-10-33(17-20)27(38)39)25(36)21-15-23-24(16-22(21)29(30,31)32)43-28(3,18-42-14-13-41-5)26(37)34(23)11-6-7-12-40-4/h15-16,19-20H,6-14,17-18H2,1-5H3,(H,38,39)/t20-,28?/m1/s1. The van der Waals surface area contributed by atoms with E-state index in [0.29, 0.717) is 32.3 Å². The number of nitrogens with zero attached hydrogens (tertiary/aromatic N) is 3. The van der Waals surface area contributed by atoms with Crippen molar-refractivity contribution in [3.8, 4) is 5.75 Å². The SMILES string of the molecule is COCCCCN1C(=O)C(C)(COCCOC)Oc2cc(C(F)(F)F)c(C(=O)N(C(C)C)[C@@H]3CCCN(C(=O)O)C3)cc21. The summed E-state index contributed by atoms with van der Waals surface area (Å²) in [6.07, 6.45) is -4.11. The van der Waals surface area contributed by atoms with Gasteiger partial charge in [0.15, 0.2) is 0 Å². The van der Waals surface area contributed by atoms with Crippen molar-refractivity contribution in [1.82, 2.24) is 9.80 Å². The molecule has 242 valence electrons. The Balaban J connectivity index is 2.09. The third-order valence-electron chi connectivity index (χ3n) is 7.60. The summed E-state index contributed by atoms with van der Waals surface area (Å²) in [4.78, 5) is 43.2. The number of anilines is 1. The van der Waals surface area contributed by atoms with Crippen molar-refractivity contribution in [1.29, 1.82) is 0 Å². The number of unbranched alkanes of at least 4 members (excludes halogenated alkanes) is 1. The second-order valence-corrected chi connectivity index (χ2v) is 11.2. The van der Waals surface area contributed by atoms with Gasteiger partial charge in [-0.2, -0.15) is 13.2 Å². The summed E-state index contributed by atoms with van der Waals surface area (Å²) in [6.45, 7) is 5.82. The van der Waals surface area contributed by atoms with Crippen molar-refractivity contribution in [2.45, 2.75) is 70.3 Å². The van der Waals surface area contributed by atoms with Gasteiger partial charge in [0.25, 0.3) is 11.8 Å². The molecule has 1 unspecified atom stereocenters. The number of carbonyl (C=O) groups excluding carboxylic acids is 2. The molecule has 2 heterocycles. The minimum absolute atomic E-state index is 0.0137. The van der Waals surface area contributed by atoms with Gasteiger partial charge in [0.1, 0.15) is 5.75 Å². The lowest BCUT2D eigenvalue weighted by Gasteiger charge is -2.42. The zero-order valence-electron chi connectivity index (χ0n) is 25.4. The summed E-state index contributed by atoms with van der Waals surface area (Å²) < 4.78 is 65.2. The van der Waals surface area contributed by atoms with Crippen LogP contribution in [0, 0.1) is 0 Å². The van der Waals surface area contributed by atoms with Gasteiger partial charge in [0.2, 0.25) is 5.60 Å². The predicted molar refractivity (Wildman–Crippen MR) is 151 cm³/mol. The fraction of sp³-hybridized carbons (Fsp3) is 0.690. The Kier molecular flexibility index (Phi) is 11.7. The summed E-state index contributed by atoms with van der Waals surface area (Å²) in [7, 11) is 3.03. The lowest BCUT2D eigenvalue weighted by Crippen LogP contribution is -2.57. The van der Waals surface area contributed by atoms with E-state index >= 15 is 0 Å². The fourth-order valence-corrected chi connectivity index (χ4v) is 5.51. The van der Waals surface area contributed by atoms with E-state index in [9.17, 15) is 32.7 Å². The molecule has 2 aliphatic rings. The lowest BCUT2D eigenvalue weighted by molar-refractivity contribution is -0.141. The molecule has 1 fully saturated rings. The van der Waals surface area contributed by atoms with E-state index in [4.69, 9.17) is 18.9 Å². The van der Waals surface area contributed by atoms with E-state index in [2.05, 4.69) is 0 Å². The number of likely N-dealkylation sites (tertiary alicyclic amines) is 1. The monoisotopic (exact) mass is 617 g/mol. The molecule has 3 amide bonds. The Morgan fingerprint density at radius 1 is 1.16 bits per heavy atom. The van der Waals surface area contributed by atoms with Crippen molar-refractivity contribution in [3.63, 3.8) is 0 Å². The van der Waals surface area contributed by atoms with Crippen LogP contribution in [0.2, 0.25) is 0 Å². The number of benzene rings is 1. The molecule has 0 aliphatic carbocycles. The van der Waals surface area contributed by atoms with Crippen molar-refractivity contribution in [2.75, 3.05) is 65.2 Å². The average Bonchev–Trinajstić information content (AvgIpc) is 2.94. The number of ether oxygens (including phenoxy) is 4. The van der Waals surface area contributed by atoms with Gasteiger partial charge >= 0.3 is 12.3 Å². The second-order valence-electron chi connectivity index (χ2n) is 11.2. The molecule has 0 bridgehead atoms. The number of carboxylic acid groups (broad SMARTS) is 1. The highest BCUT2D eigenvalue weighted by Crippen LogP contribution is 2.45. The average molecular weight is 618 g/mol. The van der Waals surface area contributed by atoms with Crippen molar-refractivity contribution < 1.29 is 51.6 Å². The summed E-state index contributed by atoms with van der Waals surface area (Å²) in [5.41, 5.74) is -3.41. The van der Waals surface area contributed by atoms with Crippen LogP contribution in [0.3, 0.4) is 0 Å². The van der Waals surface area contributed by atoms with Crippen LogP contribution in [0.15, 0.2) is 12.1 Å². The van der Waals surface area contributed by atoms with E-state index in [-0.39, 0.29) is 50.9 Å². The highest BCUT2D eigenvalue weighted by Gasteiger charge is 2.48. The first-order chi connectivity index (χ1) is 20.2. The van der Waals surface area contributed by atoms with Crippen molar-refractivity contribution in [2.24, 2.45) is 0 Å². The summed E-state index contributed by atoms with van der Waals surface area (Å²) in [5.74, 6) is -1.61. The predicted octanol–water partition coefficient (Wildman–Crippen LogP) is 4.27. The topological polar surface area (TPSA) is 118 Å². The van der Waals surface area contributed by atoms with Gasteiger partial charge in [0.05, 0.1) is 42.7 Å². The number of carbonyl (C=O) groups is 3. The van der Waals surface area contributed by atoms with E-state index in [1.165, 1.54) is 23.8 Å². The van der Waals surface area contributed by atoms with Crippen LogP contribution in [0.4, 0.5) is 23.7 Å². The molecule has 0 saturated carbocycles. The molecule has 11 nitrogen and oxygen atoms in total. The Morgan fingerprint density at radius 2 is 1.86 bits per heavy atom. The molecule has 1 aromatic carbocycles. The zero-order valence-corrected chi connectivity index (χ0v) is 25.4. The number of hydrogen-bond acceptors (Lipinski definition) is 7. The van der Waals surface area contributed by atoms with Crippen molar-refractivity contribution >= 4 is 23.6 Å². The maximum Gasteiger partial charge on any atom is 0.417 e. The zero-order chi connectivity index (χ0) is 31.9. The third-order valence-corrected chi connectivity index (χ3v) is 7.60. The number of amides is 3. The van der Waals surface area contributed by atoms with Crippen LogP contribution < -0.4 is 9.64 Å². The van der Waals surface area contributed by atoms with E-state index in [0.717, 1.165) is 17.0 Å². The van der Waals surface area contributed by atoms with Gasteiger partial charge in [-0.25, -0.2) is 4.79 Å². The van der Waals surface area contributed by atoms with Crippen LogP contribution >= 0.6 is 0 Å². The number of fused-ring (bicyclic) bond motifs is 1. The summed E-state index contributed by atoms with van der Waals surface area (Å²) >= 11 is 0. The smallest absolute Gasteiger partial charge is 0.417 e. The molecule has 0 spiro atoms. The summed E-state index contributed by atoms with van der Waals surface area (Å²) in [6, 6.07) is 0.699. The Morgan fingerprint density at radius 3 is 2.47 bits per heavy atom. The second kappa shape index (κ2) is 14.6. The molecule has 1 saturated heterocycles. The van der Waals surface area contributed by atoms with Crippen LogP contribution in [0.1, 0.15) is 62.4 Å². The first-order valence-electron chi connectivity index (χ1n) is 14.4. The number of hydrogen-bond donors (Lipinski definition) is 1. The molecule has 0 aromatic heterocycles. The third kappa shape index (κ3) is 8.09. The highest BCUT2D eigenvalue weighted by atomic mass is 19.4. The number of alkyl halides is 3. The van der Waals surface area contributed by atoms with Gasteiger partial charge in [-0.05, 0) is 58.6 Å². The van der Waals surface area contributed by atoms with Gasteiger partial charge in [0, 0.05) is 46.5 Å². The van der Waals surface area contributed by atoms with E-state index in [1.54, 1.807) is 21.0 Å². The molecule has 1 N–H and O–H groups in total. The molecule has 2 atom stereocenters. The number of rotatable bonds is 13. The molecular weight excluding hydrogens is 575 g/mol. The Hall–Kier alpha value is -3.10. The quantitative estimate of drug-likeness (QED) is 0.326. The maximum absolute atomic E-state index is 14.5. The molecule has 43 heavy (non-hydrogen) atoms. The first kappa shape index (κ1) is 34.4. The van der Waals surface area contributed by atoms with Crippen LogP contribution in [-0.4, -0.2) is 111 Å². The molecule has 3 rings (SSSR count). The minimum atomic E-state index is -4.93. The lowest BCUT2D eigenvalue weighted by atomic mass is 9.96. The summed E-state index contributed by atoms with van der Waals surface area (Å²) in [5, 5.41) is 9.50. The highest BCUT2D eigenvalue weighted by molar-refractivity contribution is 6.05. The van der Waals surface area contributed by atoms with Crippen LogP contribution in [0.25, 0.3) is 0 Å². The van der Waals surface area contributed by atoms with Gasteiger partial charge < -0.3 is 38.8 Å². The molecule has 2 aliphatic heterocycles. The fourth-order valence-electron chi connectivity index (χ4n) is 5.51. The number of methoxy groups -OCH3 is 2. The molecule has 14 heteroatoms. The van der Waals surface area contributed by atoms with Crippen molar-refractivity contribution in [3.05, 3.63) is 23.3 Å². The van der Waals surface area contributed by atoms with Gasteiger partial charge in [-0.1, -0.05) is 0 Å². The number of halogens is 3.